The summed E-state index contributed by atoms with van der Waals surface area (Å²) in [6.07, 6.45) is 1.09. The Hall–Kier alpha value is -2.36. The van der Waals surface area contributed by atoms with Gasteiger partial charge in [0.05, 0.1) is 17.8 Å². The van der Waals surface area contributed by atoms with Crippen molar-refractivity contribution < 1.29 is 9.18 Å². The first kappa shape index (κ1) is 12.7. The fourth-order valence-electron chi connectivity index (χ4n) is 2.61. The molecular weight excluding hydrogens is 255 g/mol. The second-order valence-electron chi connectivity index (χ2n) is 4.95. The van der Waals surface area contributed by atoms with E-state index < -0.39 is 0 Å². The topological polar surface area (TPSA) is 46.3 Å². The van der Waals surface area contributed by atoms with Crippen molar-refractivity contribution in [3.05, 3.63) is 59.4 Å². The van der Waals surface area contributed by atoms with Gasteiger partial charge in [0.25, 0.3) is 0 Å². The van der Waals surface area contributed by atoms with Crippen LogP contribution in [-0.2, 0) is 17.6 Å². The van der Waals surface area contributed by atoms with Crippen molar-refractivity contribution >= 4 is 17.3 Å². The number of hydrogen-bond donors (Lipinski definition) is 1. The van der Waals surface area contributed by atoms with Crippen LogP contribution in [0.4, 0.5) is 15.8 Å². The van der Waals surface area contributed by atoms with E-state index in [0.29, 0.717) is 12.2 Å². The van der Waals surface area contributed by atoms with Gasteiger partial charge in [-0.05, 0) is 35.7 Å². The van der Waals surface area contributed by atoms with Gasteiger partial charge in [0.2, 0.25) is 5.91 Å². The van der Waals surface area contributed by atoms with Gasteiger partial charge >= 0.3 is 0 Å². The Labute approximate surface area is 116 Å². The van der Waals surface area contributed by atoms with Crippen LogP contribution in [0.2, 0.25) is 0 Å². The zero-order valence-electron chi connectivity index (χ0n) is 11.0. The molecular formula is C16H15FN2O. The summed E-state index contributed by atoms with van der Waals surface area (Å²) in [7, 11) is 0. The lowest BCUT2D eigenvalue weighted by Crippen LogP contribution is -2.30. The molecule has 3 rings (SSSR count). The molecule has 1 aliphatic rings. The largest absolute Gasteiger partial charge is 0.397 e. The van der Waals surface area contributed by atoms with Gasteiger partial charge in [0, 0.05) is 6.54 Å². The minimum absolute atomic E-state index is 0.00624. The summed E-state index contributed by atoms with van der Waals surface area (Å²) in [4.78, 5) is 14.1. The molecule has 0 aromatic heterocycles. The van der Waals surface area contributed by atoms with Crippen LogP contribution < -0.4 is 10.6 Å². The van der Waals surface area contributed by atoms with Crippen molar-refractivity contribution in [3.8, 4) is 0 Å². The lowest BCUT2D eigenvalue weighted by Gasteiger charge is -2.19. The number of carbonyl (C=O) groups excluding carboxylic acids is 1. The highest BCUT2D eigenvalue weighted by atomic mass is 19.1. The highest BCUT2D eigenvalue weighted by Crippen LogP contribution is 2.33. The second kappa shape index (κ2) is 4.96. The lowest BCUT2D eigenvalue weighted by atomic mass is 10.1. The van der Waals surface area contributed by atoms with Gasteiger partial charge in [-0.3, -0.25) is 4.79 Å². The molecule has 1 aliphatic heterocycles. The number of hydrogen-bond acceptors (Lipinski definition) is 2. The van der Waals surface area contributed by atoms with Gasteiger partial charge in [-0.2, -0.15) is 0 Å². The Morgan fingerprint density at radius 1 is 1.20 bits per heavy atom. The van der Waals surface area contributed by atoms with E-state index in [9.17, 15) is 9.18 Å². The monoisotopic (exact) mass is 270 g/mol. The molecule has 0 fully saturated rings. The molecule has 0 saturated heterocycles. The zero-order valence-corrected chi connectivity index (χ0v) is 11.0. The average Bonchev–Trinajstić information content (AvgIpc) is 2.87. The summed E-state index contributed by atoms with van der Waals surface area (Å²) < 4.78 is 12.9. The smallest absolute Gasteiger partial charge is 0.231 e. The number of carbonyl (C=O) groups is 1. The molecule has 3 nitrogen and oxygen atoms in total. The van der Waals surface area contributed by atoms with Crippen molar-refractivity contribution in [2.45, 2.75) is 12.8 Å². The van der Waals surface area contributed by atoms with E-state index >= 15 is 0 Å². The van der Waals surface area contributed by atoms with Crippen molar-refractivity contribution in [1.82, 2.24) is 0 Å². The number of rotatable bonds is 2. The minimum Gasteiger partial charge on any atom is -0.397 e. The highest BCUT2D eigenvalue weighted by Gasteiger charge is 2.26. The Bertz CT molecular complexity index is 652. The van der Waals surface area contributed by atoms with E-state index in [1.165, 1.54) is 12.1 Å². The number of amides is 1. The second-order valence-corrected chi connectivity index (χ2v) is 4.95. The molecule has 0 bridgehead atoms. The van der Waals surface area contributed by atoms with Crippen LogP contribution in [0.15, 0.2) is 42.5 Å². The highest BCUT2D eigenvalue weighted by molar-refractivity contribution is 5.99. The summed E-state index contributed by atoms with van der Waals surface area (Å²) in [5.41, 5.74) is 9.35. The summed E-state index contributed by atoms with van der Waals surface area (Å²) in [6.45, 7) is 0.656. The Balaban J connectivity index is 1.82. The van der Waals surface area contributed by atoms with E-state index in [1.54, 1.807) is 17.0 Å². The average molecular weight is 270 g/mol. The Morgan fingerprint density at radius 3 is 2.70 bits per heavy atom. The van der Waals surface area contributed by atoms with E-state index in [2.05, 4.69) is 0 Å². The molecule has 2 aromatic carbocycles. The third-order valence-electron chi connectivity index (χ3n) is 3.60. The van der Waals surface area contributed by atoms with Crippen LogP contribution in [0.5, 0.6) is 0 Å². The van der Waals surface area contributed by atoms with Crippen molar-refractivity contribution in [2.75, 3.05) is 17.2 Å². The van der Waals surface area contributed by atoms with E-state index in [1.807, 2.05) is 18.2 Å². The Morgan fingerprint density at radius 2 is 1.95 bits per heavy atom. The van der Waals surface area contributed by atoms with Gasteiger partial charge < -0.3 is 10.6 Å². The quantitative estimate of drug-likeness (QED) is 0.852. The molecule has 0 aliphatic carbocycles. The third kappa shape index (κ3) is 2.25. The molecule has 102 valence electrons. The molecule has 0 spiro atoms. The first-order valence-corrected chi connectivity index (χ1v) is 6.57. The number of nitrogens with zero attached hydrogens (tertiary/aromatic N) is 1. The van der Waals surface area contributed by atoms with Crippen molar-refractivity contribution in [1.29, 1.82) is 0 Å². The molecule has 0 unspecified atom stereocenters. The SMILES string of the molecule is Nc1cccc2c1N(C(=O)Cc1ccc(F)cc1)CC2. The van der Waals surface area contributed by atoms with Gasteiger partial charge in [0.15, 0.2) is 0 Å². The van der Waals surface area contributed by atoms with E-state index in [4.69, 9.17) is 5.73 Å². The van der Waals surface area contributed by atoms with Gasteiger partial charge in [0.1, 0.15) is 5.82 Å². The van der Waals surface area contributed by atoms with E-state index in [-0.39, 0.29) is 18.1 Å². The number of nitrogen functional groups attached to an aromatic ring is 1. The number of anilines is 2. The molecule has 20 heavy (non-hydrogen) atoms. The number of fused-ring (bicyclic) bond motifs is 1. The predicted octanol–water partition coefficient (Wildman–Crippen LogP) is 2.54. The first-order valence-electron chi connectivity index (χ1n) is 6.57. The first-order chi connectivity index (χ1) is 9.65. The molecule has 4 heteroatoms. The van der Waals surface area contributed by atoms with E-state index in [0.717, 1.165) is 23.2 Å². The molecule has 1 heterocycles. The summed E-state index contributed by atoms with van der Waals surface area (Å²) in [6, 6.07) is 11.7. The van der Waals surface area contributed by atoms with Crippen LogP contribution in [-0.4, -0.2) is 12.5 Å². The van der Waals surface area contributed by atoms with Crippen molar-refractivity contribution in [2.24, 2.45) is 0 Å². The van der Waals surface area contributed by atoms with Gasteiger partial charge in [-0.15, -0.1) is 0 Å². The van der Waals surface area contributed by atoms with Crippen LogP contribution in [0.1, 0.15) is 11.1 Å². The van der Waals surface area contributed by atoms with Crippen LogP contribution in [0, 0.1) is 5.82 Å². The van der Waals surface area contributed by atoms with Gasteiger partial charge in [-0.1, -0.05) is 24.3 Å². The maximum atomic E-state index is 12.9. The third-order valence-corrected chi connectivity index (χ3v) is 3.60. The van der Waals surface area contributed by atoms with Crippen LogP contribution in [0.25, 0.3) is 0 Å². The minimum atomic E-state index is -0.294. The summed E-state index contributed by atoms with van der Waals surface area (Å²) in [5, 5.41) is 0. The fraction of sp³-hybridized carbons (Fsp3) is 0.188. The van der Waals surface area contributed by atoms with Gasteiger partial charge in [-0.25, -0.2) is 4.39 Å². The lowest BCUT2D eigenvalue weighted by molar-refractivity contribution is -0.117. The normalized spacial score (nSPS) is 13.3. The number of nitrogens with two attached hydrogens (primary N) is 1. The van der Waals surface area contributed by atoms with Crippen molar-refractivity contribution in [3.63, 3.8) is 0 Å². The molecule has 0 saturated carbocycles. The number of para-hydroxylation sites is 1. The predicted molar refractivity (Wildman–Crippen MR) is 77.0 cm³/mol. The van der Waals surface area contributed by atoms with Crippen LogP contribution in [0.3, 0.4) is 0 Å². The molecule has 1 amide bonds. The Kier molecular flexibility index (Phi) is 3.14. The fourth-order valence-corrected chi connectivity index (χ4v) is 2.61. The molecule has 0 radical (unpaired) electrons. The summed E-state index contributed by atoms with van der Waals surface area (Å²) in [5.74, 6) is -0.301. The molecule has 2 aromatic rings. The number of halogens is 1. The van der Waals surface area contributed by atoms with Crippen LogP contribution >= 0.6 is 0 Å². The standard InChI is InChI=1S/C16H15FN2O/c17-13-6-4-11(5-7-13)10-15(20)19-9-8-12-2-1-3-14(18)16(12)19/h1-7H,8-10,18H2. The molecule has 0 atom stereocenters. The zero-order chi connectivity index (χ0) is 14.1. The number of benzene rings is 2. The summed E-state index contributed by atoms with van der Waals surface area (Å²) >= 11 is 0. The maximum Gasteiger partial charge on any atom is 0.231 e. The molecule has 2 N–H and O–H groups in total. The maximum absolute atomic E-state index is 12.9.